The summed E-state index contributed by atoms with van der Waals surface area (Å²) in [5.41, 5.74) is 5.28. The summed E-state index contributed by atoms with van der Waals surface area (Å²) >= 11 is 0. The van der Waals surface area contributed by atoms with Gasteiger partial charge < -0.3 is 16.2 Å². The van der Waals surface area contributed by atoms with E-state index in [0.29, 0.717) is 18.7 Å². The fourth-order valence-electron chi connectivity index (χ4n) is 2.46. The Kier molecular flexibility index (Phi) is 4.02. The number of aliphatic carboxylic acids is 1. The summed E-state index contributed by atoms with van der Waals surface area (Å²) in [6.45, 7) is 0. The van der Waals surface area contributed by atoms with E-state index in [9.17, 15) is 14.9 Å². The van der Waals surface area contributed by atoms with Crippen molar-refractivity contribution in [1.82, 2.24) is 4.98 Å². The van der Waals surface area contributed by atoms with Gasteiger partial charge in [-0.05, 0) is 25.3 Å². The number of nitrogens with one attached hydrogen (secondary N) is 1. The summed E-state index contributed by atoms with van der Waals surface area (Å²) in [5, 5.41) is 22.8. The average molecular weight is 280 g/mol. The summed E-state index contributed by atoms with van der Waals surface area (Å²) in [5.74, 6) is -0.848. The predicted octanol–water partition coefficient (Wildman–Crippen LogP) is 1.63. The van der Waals surface area contributed by atoms with Crippen molar-refractivity contribution >= 4 is 23.3 Å². The molecule has 4 N–H and O–H groups in total. The average Bonchev–Trinajstić information content (AvgIpc) is 2.38. The van der Waals surface area contributed by atoms with Crippen molar-refractivity contribution < 1.29 is 14.8 Å². The number of hydrogen-bond acceptors (Lipinski definition) is 6. The van der Waals surface area contributed by atoms with Gasteiger partial charge >= 0.3 is 11.7 Å². The minimum absolute atomic E-state index is 0.00166. The number of rotatable bonds is 4. The van der Waals surface area contributed by atoms with Gasteiger partial charge in [0.1, 0.15) is 5.82 Å². The molecule has 2 rings (SSSR count). The Bertz CT molecular complexity index is 534. The smallest absolute Gasteiger partial charge is 0.311 e. The van der Waals surface area contributed by atoms with Gasteiger partial charge in [-0.3, -0.25) is 14.9 Å². The quantitative estimate of drug-likeness (QED) is 0.564. The van der Waals surface area contributed by atoms with E-state index in [4.69, 9.17) is 10.8 Å². The molecule has 1 fully saturated rings. The Hall–Kier alpha value is -2.38. The first kappa shape index (κ1) is 14.0. The third-order valence-corrected chi connectivity index (χ3v) is 3.47. The summed E-state index contributed by atoms with van der Waals surface area (Å²) in [6.07, 6.45) is 2.89. The molecule has 0 amide bonds. The lowest BCUT2D eigenvalue weighted by Crippen LogP contribution is -2.31. The first-order chi connectivity index (χ1) is 9.47. The zero-order chi connectivity index (χ0) is 14.7. The molecule has 0 aromatic carbocycles. The van der Waals surface area contributed by atoms with Gasteiger partial charge in [-0.1, -0.05) is 6.42 Å². The first-order valence-corrected chi connectivity index (χ1v) is 6.37. The Morgan fingerprint density at radius 2 is 2.25 bits per heavy atom. The van der Waals surface area contributed by atoms with Gasteiger partial charge in [-0.2, -0.15) is 0 Å². The molecule has 1 heterocycles. The number of pyridine rings is 1. The molecule has 1 aliphatic carbocycles. The minimum Gasteiger partial charge on any atom is -0.481 e. The molecule has 8 nitrogen and oxygen atoms in total. The molecule has 1 aromatic rings. The molecule has 0 aliphatic heterocycles. The zero-order valence-corrected chi connectivity index (χ0v) is 10.8. The van der Waals surface area contributed by atoms with Crippen LogP contribution in [0.25, 0.3) is 0 Å². The number of nitrogen functional groups attached to an aromatic ring is 1. The number of nitro groups is 1. The van der Waals surface area contributed by atoms with E-state index < -0.39 is 10.9 Å². The van der Waals surface area contributed by atoms with Crippen LogP contribution in [0.2, 0.25) is 0 Å². The minimum atomic E-state index is -0.785. The van der Waals surface area contributed by atoms with Gasteiger partial charge in [0, 0.05) is 12.1 Å². The molecule has 0 saturated heterocycles. The number of nitrogens with two attached hydrogens (primary N) is 1. The second-order valence-electron chi connectivity index (χ2n) is 4.90. The molecular weight excluding hydrogens is 264 g/mol. The van der Waals surface area contributed by atoms with Crippen LogP contribution in [-0.2, 0) is 4.79 Å². The van der Waals surface area contributed by atoms with E-state index in [-0.39, 0.29) is 23.5 Å². The first-order valence-electron chi connectivity index (χ1n) is 6.37. The molecule has 2 atom stereocenters. The van der Waals surface area contributed by atoms with Crippen LogP contribution in [0.4, 0.5) is 17.3 Å². The fourth-order valence-corrected chi connectivity index (χ4v) is 2.46. The highest BCUT2D eigenvalue weighted by molar-refractivity contribution is 5.70. The third kappa shape index (κ3) is 3.14. The molecule has 8 heteroatoms. The number of carboxylic acid groups (broad SMARTS) is 1. The second-order valence-corrected chi connectivity index (χ2v) is 4.90. The number of hydrogen-bond donors (Lipinski definition) is 3. The van der Waals surface area contributed by atoms with Crippen LogP contribution in [0.1, 0.15) is 25.7 Å². The van der Waals surface area contributed by atoms with Crippen molar-refractivity contribution in [2.75, 3.05) is 11.1 Å². The van der Waals surface area contributed by atoms with Gasteiger partial charge in [-0.15, -0.1) is 0 Å². The van der Waals surface area contributed by atoms with Crippen molar-refractivity contribution in [2.24, 2.45) is 5.92 Å². The topological polar surface area (TPSA) is 131 Å². The number of carboxylic acids is 1. The van der Waals surface area contributed by atoms with Crippen LogP contribution in [0.3, 0.4) is 0 Å². The monoisotopic (exact) mass is 280 g/mol. The third-order valence-electron chi connectivity index (χ3n) is 3.47. The molecule has 20 heavy (non-hydrogen) atoms. The molecule has 0 radical (unpaired) electrons. The van der Waals surface area contributed by atoms with E-state index in [1.54, 1.807) is 0 Å². The number of carbonyl (C=O) groups is 1. The Labute approximate surface area is 115 Å². The molecule has 1 aliphatic rings. The standard InChI is InChI=1S/C12H16N4O4/c13-11-9(16(19)20)4-5-10(15-11)14-8-3-1-2-7(6-8)12(17)18/h4-5,7-8H,1-3,6H2,(H,17,18)(H3,13,14,15). The summed E-state index contributed by atoms with van der Waals surface area (Å²) in [7, 11) is 0. The van der Waals surface area contributed by atoms with Gasteiger partial charge in [0.05, 0.1) is 10.8 Å². The highest BCUT2D eigenvalue weighted by Crippen LogP contribution is 2.28. The maximum Gasteiger partial charge on any atom is 0.311 e. The van der Waals surface area contributed by atoms with E-state index in [1.807, 2.05) is 0 Å². The molecule has 108 valence electrons. The summed E-state index contributed by atoms with van der Waals surface area (Å²) in [4.78, 5) is 25.0. The highest BCUT2D eigenvalue weighted by Gasteiger charge is 2.27. The van der Waals surface area contributed by atoms with Crippen molar-refractivity contribution in [3.63, 3.8) is 0 Å². The van der Waals surface area contributed by atoms with Gasteiger partial charge in [0.25, 0.3) is 0 Å². The number of nitrogens with zero attached hydrogens (tertiary/aromatic N) is 2. The van der Waals surface area contributed by atoms with Gasteiger partial charge in [0.2, 0.25) is 5.82 Å². The fraction of sp³-hybridized carbons (Fsp3) is 0.500. The van der Waals surface area contributed by atoms with E-state index in [1.165, 1.54) is 12.1 Å². The predicted molar refractivity (Wildman–Crippen MR) is 72.3 cm³/mol. The second kappa shape index (κ2) is 5.72. The highest BCUT2D eigenvalue weighted by atomic mass is 16.6. The van der Waals surface area contributed by atoms with E-state index in [2.05, 4.69) is 10.3 Å². The molecule has 1 saturated carbocycles. The molecular formula is C12H16N4O4. The Balaban J connectivity index is 2.04. The van der Waals surface area contributed by atoms with Crippen molar-refractivity contribution in [2.45, 2.75) is 31.7 Å². The van der Waals surface area contributed by atoms with Crippen LogP contribution >= 0.6 is 0 Å². The SMILES string of the molecule is Nc1nc(NC2CCCC(C(=O)O)C2)ccc1[N+](=O)[O-]. The van der Waals surface area contributed by atoms with Gasteiger partial charge in [-0.25, -0.2) is 4.98 Å². The van der Waals surface area contributed by atoms with Crippen LogP contribution in [0.5, 0.6) is 0 Å². The van der Waals surface area contributed by atoms with Crippen LogP contribution < -0.4 is 11.1 Å². The largest absolute Gasteiger partial charge is 0.481 e. The van der Waals surface area contributed by atoms with Crippen LogP contribution in [-0.4, -0.2) is 27.0 Å². The summed E-state index contributed by atoms with van der Waals surface area (Å²) < 4.78 is 0. The van der Waals surface area contributed by atoms with Crippen molar-refractivity contribution in [1.29, 1.82) is 0 Å². The Morgan fingerprint density at radius 3 is 2.85 bits per heavy atom. The lowest BCUT2D eigenvalue weighted by Gasteiger charge is -2.27. The zero-order valence-electron chi connectivity index (χ0n) is 10.8. The normalized spacial score (nSPS) is 22.2. The molecule has 0 spiro atoms. The molecule has 2 unspecified atom stereocenters. The van der Waals surface area contributed by atoms with Gasteiger partial charge in [0.15, 0.2) is 0 Å². The lowest BCUT2D eigenvalue weighted by molar-refractivity contribution is -0.384. The number of aromatic nitrogens is 1. The molecule has 1 aromatic heterocycles. The lowest BCUT2D eigenvalue weighted by atomic mass is 9.86. The van der Waals surface area contributed by atoms with Crippen LogP contribution in [0, 0.1) is 16.0 Å². The maximum absolute atomic E-state index is 11.0. The van der Waals surface area contributed by atoms with E-state index in [0.717, 1.165) is 12.8 Å². The van der Waals surface area contributed by atoms with Crippen molar-refractivity contribution in [3.05, 3.63) is 22.2 Å². The summed E-state index contributed by atoms with van der Waals surface area (Å²) in [6, 6.07) is 2.78. The maximum atomic E-state index is 11.0. The van der Waals surface area contributed by atoms with E-state index >= 15 is 0 Å². The molecule has 0 bridgehead atoms. The van der Waals surface area contributed by atoms with Crippen LogP contribution in [0.15, 0.2) is 12.1 Å². The number of anilines is 2. The van der Waals surface area contributed by atoms with Crippen molar-refractivity contribution in [3.8, 4) is 0 Å². The Morgan fingerprint density at radius 1 is 1.50 bits per heavy atom.